The van der Waals surface area contributed by atoms with Gasteiger partial charge in [-0.2, -0.15) is 0 Å². The van der Waals surface area contributed by atoms with Crippen LogP contribution in [-0.2, 0) is 14.6 Å². The van der Waals surface area contributed by atoms with E-state index < -0.39 is 27.7 Å². The highest BCUT2D eigenvalue weighted by atomic mass is 32.2. The molecular formula is C20H24N2O4S. The van der Waals surface area contributed by atoms with E-state index in [1.807, 2.05) is 26.0 Å². The summed E-state index contributed by atoms with van der Waals surface area (Å²) in [7, 11) is -3.27. The van der Waals surface area contributed by atoms with Gasteiger partial charge in [-0.15, -0.1) is 0 Å². The fraction of sp³-hybridized carbons (Fsp3) is 0.300. The number of amides is 2. The van der Waals surface area contributed by atoms with Gasteiger partial charge in [-0.3, -0.25) is 9.59 Å². The lowest BCUT2D eigenvalue weighted by molar-refractivity contribution is -0.118. The van der Waals surface area contributed by atoms with Crippen molar-refractivity contribution in [1.82, 2.24) is 5.32 Å². The average molecular weight is 388 g/mol. The van der Waals surface area contributed by atoms with Crippen LogP contribution in [0.5, 0.6) is 0 Å². The highest BCUT2D eigenvalue weighted by Crippen LogP contribution is 2.16. The number of hydrogen-bond acceptors (Lipinski definition) is 4. The van der Waals surface area contributed by atoms with Gasteiger partial charge in [-0.05, 0) is 44.0 Å². The molecule has 0 unspecified atom stereocenters. The largest absolute Gasteiger partial charge is 0.340 e. The van der Waals surface area contributed by atoms with E-state index in [9.17, 15) is 18.0 Å². The van der Waals surface area contributed by atoms with Crippen molar-refractivity contribution in [3.05, 3.63) is 65.2 Å². The molecule has 0 fully saturated rings. The minimum absolute atomic E-state index is 0.00580. The highest BCUT2D eigenvalue weighted by Gasteiger charge is 2.23. The summed E-state index contributed by atoms with van der Waals surface area (Å²) in [5.41, 5.74) is 2.99. The van der Waals surface area contributed by atoms with Crippen LogP contribution in [0.1, 0.15) is 27.9 Å². The molecule has 0 radical (unpaired) electrons. The fourth-order valence-corrected chi connectivity index (χ4v) is 3.27. The molecule has 0 heterocycles. The zero-order valence-corrected chi connectivity index (χ0v) is 16.5. The molecule has 2 aromatic rings. The number of hydrogen-bond donors (Lipinski definition) is 2. The van der Waals surface area contributed by atoms with Crippen LogP contribution in [0, 0.1) is 13.8 Å². The molecule has 0 aromatic heterocycles. The Kier molecular flexibility index (Phi) is 6.74. The van der Waals surface area contributed by atoms with Gasteiger partial charge in [0.15, 0.2) is 0 Å². The smallest absolute Gasteiger partial charge is 0.251 e. The average Bonchev–Trinajstić information content (AvgIpc) is 2.60. The maximum Gasteiger partial charge on any atom is 0.251 e. The van der Waals surface area contributed by atoms with Gasteiger partial charge in [-0.1, -0.05) is 35.9 Å². The number of benzene rings is 2. The number of aryl methyl sites for hydroxylation is 2. The third-order valence-corrected chi connectivity index (χ3v) is 5.05. The van der Waals surface area contributed by atoms with Gasteiger partial charge in [0.25, 0.3) is 5.91 Å². The first-order chi connectivity index (χ1) is 12.7. The molecule has 6 nitrogen and oxygen atoms in total. The summed E-state index contributed by atoms with van der Waals surface area (Å²) in [5, 5.41) is 5.42. The Hall–Kier alpha value is -2.67. The number of rotatable bonds is 7. The van der Waals surface area contributed by atoms with E-state index in [1.54, 1.807) is 36.4 Å². The van der Waals surface area contributed by atoms with Crippen LogP contribution in [0.2, 0.25) is 0 Å². The maximum absolute atomic E-state index is 12.7. The summed E-state index contributed by atoms with van der Waals surface area (Å²) < 4.78 is 23.0. The van der Waals surface area contributed by atoms with Crippen LogP contribution in [0.3, 0.4) is 0 Å². The minimum Gasteiger partial charge on any atom is -0.340 e. The van der Waals surface area contributed by atoms with Gasteiger partial charge in [0.05, 0.1) is 5.75 Å². The molecule has 0 saturated carbocycles. The number of nitrogens with one attached hydrogen (secondary N) is 2. The number of anilines is 1. The van der Waals surface area contributed by atoms with Crippen molar-refractivity contribution >= 4 is 27.3 Å². The zero-order chi connectivity index (χ0) is 20.0. The van der Waals surface area contributed by atoms with Crippen LogP contribution in [0.15, 0.2) is 48.5 Å². The van der Waals surface area contributed by atoms with E-state index >= 15 is 0 Å². The van der Waals surface area contributed by atoms with Gasteiger partial charge in [0.2, 0.25) is 5.91 Å². The summed E-state index contributed by atoms with van der Waals surface area (Å²) in [4.78, 5) is 25.1. The van der Waals surface area contributed by atoms with Crippen molar-refractivity contribution in [2.45, 2.75) is 26.3 Å². The Morgan fingerprint density at radius 2 is 1.70 bits per heavy atom. The van der Waals surface area contributed by atoms with Crippen LogP contribution >= 0.6 is 0 Å². The SMILES string of the molecule is Cc1ccc(NC(=O)[C@H](CCS(C)(=O)=O)NC(=O)c2ccccc2)c(C)c1. The lowest BCUT2D eigenvalue weighted by atomic mass is 10.1. The summed E-state index contributed by atoms with van der Waals surface area (Å²) >= 11 is 0. The Labute approximate surface area is 159 Å². The monoisotopic (exact) mass is 388 g/mol. The first-order valence-corrected chi connectivity index (χ1v) is 10.6. The lowest BCUT2D eigenvalue weighted by Crippen LogP contribution is -2.44. The number of sulfone groups is 1. The van der Waals surface area contributed by atoms with Crippen molar-refractivity contribution in [3.63, 3.8) is 0 Å². The van der Waals surface area contributed by atoms with E-state index in [2.05, 4.69) is 10.6 Å². The van der Waals surface area contributed by atoms with Crippen molar-refractivity contribution in [3.8, 4) is 0 Å². The van der Waals surface area contributed by atoms with Gasteiger partial charge in [-0.25, -0.2) is 8.42 Å². The predicted octanol–water partition coefficient (Wildman–Crippen LogP) is 2.48. The van der Waals surface area contributed by atoms with E-state index in [4.69, 9.17) is 0 Å². The Morgan fingerprint density at radius 3 is 2.30 bits per heavy atom. The van der Waals surface area contributed by atoms with Gasteiger partial charge in [0.1, 0.15) is 15.9 Å². The van der Waals surface area contributed by atoms with Crippen molar-refractivity contribution in [1.29, 1.82) is 0 Å². The van der Waals surface area contributed by atoms with Crippen LogP contribution in [-0.4, -0.2) is 38.3 Å². The first-order valence-electron chi connectivity index (χ1n) is 8.57. The molecular weight excluding hydrogens is 364 g/mol. The van der Waals surface area contributed by atoms with E-state index in [-0.39, 0.29) is 12.2 Å². The Balaban J connectivity index is 2.17. The fourth-order valence-electron chi connectivity index (χ4n) is 2.61. The molecule has 144 valence electrons. The maximum atomic E-state index is 12.7. The molecule has 2 rings (SSSR count). The molecule has 1 atom stereocenters. The van der Waals surface area contributed by atoms with E-state index in [1.165, 1.54) is 0 Å². The molecule has 0 saturated heterocycles. The Morgan fingerprint density at radius 1 is 1.04 bits per heavy atom. The van der Waals surface area contributed by atoms with Crippen LogP contribution in [0.25, 0.3) is 0 Å². The second-order valence-corrected chi connectivity index (χ2v) is 8.88. The highest BCUT2D eigenvalue weighted by molar-refractivity contribution is 7.90. The summed E-state index contributed by atoms with van der Waals surface area (Å²) in [6.07, 6.45) is 1.10. The van der Waals surface area contributed by atoms with Crippen LogP contribution in [0.4, 0.5) is 5.69 Å². The summed E-state index contributed by atoms with van der Waals surface area (Å²) in [5.74, 6) is -1.08. The lowest BCUT2D eigenvalue weighted by Gasteiger charge is -2.19. The summed E-state index contributed by atoms with van der Waals surface area (Å²) in [6.45, 7) is 3.82. The molecule has 0 aliphatic carbocycles. The molecule has 0 aliphatic heterocycles. The molecule has 27 heavy (non-hydrogen) atoms. The van der Waals surface area contributed by atoms with Gasteiger partial charge < -0.3 is 10.6 Å². The van der Waals surface area contributed by atoms with Crippen molar-refractivity contribution < 1.29 is 18.0 Å². The zero-order valence-electron chi connectivity index (χ0n) is 15.7. The molecule has 2 amide bonds. The number of carbonyl (C=O) groups is 2. The number of carbonyl (C=O) groups excluding carboxylic acids is 2. The quantitative estimate of drug-likeness (QED) is 0.762. The van der Waals surface area contributed by atoms with E-state index in [0.29, 0.717) is 11.3 Å². The van der Waals surface area contributed by atoms with Crippen LogP contribution < -0.4 is 10.6 Å². The molecule has 0 aliphatic rings. The predicted molar refractivity (Wildman–Crippen MR) is 107 cm³/mol. The second-order valence-electron chi connectivity index (χ2n) is 6.62. The molecule has 0 bridgehead atoms. The van der Waals surface area contributed by atoms with Crippen molar-refractivity contribution in [2.24, 2.45) is 0 Å². The standard InChI is InChI=1S/C20H24N2O4S/c1-14-9-10-17(15(2)13-14)21-20(24)18(11-12-27(3,25)26)22-19(23)16-7-5-4-6-8-16/h4-10,13,18H,11-12H2,1-3H3,(H,21,24)(H,22,23)/t18-/m0/s1. The third kappa shape index (κ3) is 6.53. The topological polar surface area (TPSA) is 92.3 Å². The van der Waals surface area contributed by atoms with Gasteiger partial charge >= 0.3 is 0 Å². The normalized spacial score (nSPS) is 12.3. The van der Waals surface area contributed by atoms with Crippen molar-refractivity contribution in [2.75, 3.05) is 17.3 Å². The Bertz CT molecular complexity index is 924. The minimum atomic E-state index is -3.27. The first kappa shape index (κ1) is 20.6. The molecule has 2 N–H and O–H groups in total. The molecule has 0 spiro atoms. The van der Waals surface area contributed by atoms with Gasteiger partial charge in [0, 0.05) is 17.5 Å². The third-order valence-electron chi connectivity index (χ3n) is 4.07. The second kappa shape index (κ2) is 8.81. The van der Waals surface area contributed by atoms with E-state index in [0.717, 1.165) is 17.4 Å². The molecule has 7 heteroatoms. The molecule has 2 aromatic carbocycles. The summed E-state index contributed by atoms with van der Waals surface area (Å²) in [6, 6.07) is 13.1.